The van der Waals surface area contributed by atoms with E-state index in [1.165, 1.54) is 30.4 Å². The minimum Gasteiger partial charge on any atom is -0.494 e. The molecule has 2 aromatic carbocycles. The van der Waals surface area contributed by atoms with Gasteiger partial charge in [0, 0.05) is 94.0 Å². The number of benzene rings is 2. The maximum absolute atomic E-state index is 12.7. The molecule has 0 atom stereocenters. The van der Waals surface area contributed by atoms with Gasteiger partial charge in [0.05, 0.1) is 40.9 Å². The molecule has 15 nitrogen and oxygen atoms in total. The predicted molar refractivity (Wildman–Crippen MR) is 204 cm³/mol. The summed E-state index contributed by atoms with van der Waals surface area (Å²) < 4.78 is 34.9. The fourth-order valence-electron chi connectivity index (χ4n) is 6.76. The number of hydrogen-bond acceptors (Lipinski definition) is 13. The van der Waals surface area contributed by atoms with Crippen LogP contribution >= 0.6 is 15.9 Å². The molecule has 0 aliphatic carbocycles. The molecule has 5 heterocycles. The first-order chi connectivity index (χ1) is 24.6. The van der Waals surface area contributed by atoms with Crippen LogP contribution in [0.25, 0.3) is 22.2 Å². The molecular weight excluding hydrogens is 736 g/mol. The van der Waals surface area contributed by atoms with Gasteiger partial charge >= 0.3 is 0 Å². The molecule has 2 aliphatic heterocycles. The van der Waals surface area contributed by atoms with E-state index in [4.69, 9.17) is 9.72 Å². The highest BCUT2D eigenvalue weighted by Gasteiger charge is 2.28. The number of methoxy groups -OCH3 is 1. The third-order valence-electron chi connectivity index (χ3n) is 9.48. The standard InChI is InChI=1S/C34H41BrN12O3S/c1-44-21-22(19-40-44)24-17-28(30(50-3)18-29(24)47-15-13-46(14-16-47)23-7-9-36-10-8-23)42-34-39-20-25(35)33(43-34)41-27-6-5-26-31(38-12-11-37-26)32(27)45(2)51(4,48)49/h5-6,11-12,17-21,23,36H,7-10,13-16H2,1-4H3,(H2,39,41,42,43). The van der Waals surface area contributed by atoms with E-state index < -0.39 is 10.0 Å². The van der Waals surface area contributed by atoms with Crippen LogP contribution in [0.2, 0.25) is 0 Å². The number of fused-ring (bicyclic) bond motifs is 1. The molecule has 0 amide bonds. The second-order valence-corrected chi connectivity index (χ2v) is 15.6. The van der Waals surface area contributed by atoms with Gasteiger partial charge in [-0.15, -0.1) is 0 Å². The number of ether oxygens (including phenoxy) is 1. The molecule has 3 aromatic heterocycles. The Morgan fingerprint density at radius 1 is 1.00 bits per heavy atom. The number of hydrogen-bond donors (Lipinski definition) is 3. The van der Waals surface area contributed by atoms with Gasteiger partial charge in [-0.1, -0.05) is 0 Å². The molecule has 0 radical (unpaired) electrons. The van der Waals surface area contributed by atoms with E-state index in [1.807, 2.05) is 19.4 Å². The lowest BCUT2D eigenvalue weighted by Gasteiger charge is -2.42. The Labute approximate surface area is 305 Å². The molecule has 5 aromatic rings. The summed E-state index contributed by atoms with van der Waals surface area (Å²) in [7, 11) is 1.41. The van der Waals surface area contributed by atoms with Crippen molar-refractivity contribution in [2.45, 2.75) is 18.9 Å². The van der Waals surface area contributed by atoms with Crippen LogP contribution in [-0.2, 0) is 17.1 Å². The van der Waals surface area contributed by atoms with E-state index >= 15 is 0 Å². The number of anilines is 6. The van der Waals surface area contributed by atoms with Crippen LogP contribution in [0.15, 0.2) is 59.7 Å². The van der Waals surface area contributed by atoms with Gasteiger partial charge in [-0.2, -0.15) is 10.1 Å². The van der Waals surface area contributed by atoms with Gasteiger partial charge < -0.3 is 25.6 Å². The lowest BCUT2D eigenvalue weighted by Crippen LogP contribution is -2.52. The SMILES string of the molecule is COc1cc(N2CCN(C3CCNCC3)CC2)c(-c2cnn(C)c2)cc1Nc1ncc(Br)c(Nc2ccc3nccnc3c2N(C)S(C)(=O)=O)n1. The largest absolute Gasteiger partial charge is 0.494 e. The van der Waals surface area contributed by atoms with Crippen molar-refractivity contribution in [3.05, 3.63) is 59.7 Å². The zero-order valence-electron chi connectivity index (χ0n) is 29.0. The van der Waals surface area contributed by atoms with E-state index in [-0.39, 0.29) is 0 Å². The summed E-state index contributed by atoms with van der Waals surface area (Å²) in [6, 6.07) is 8.30. The Morgan fingerprint density at radius 3 is 2.47 bits per heavy atom. The average molecular weight is 778 g/mol. The number of piperidine rings is 1. The number of nitrogens with zero attached hydrogens (tertiary/aromatic N) is 9. The lowest BCUT2D eigenvalue weighted by molar-refractivity contribution is 0.153. The summed E-state index contributed by atoms with van der Waals surface area (Å²) in [5.41, 5.74) is 5.57. The van der Waals surface area contributed by atoms with Gasteiger partial charge in [-0.3, -0.25) is 23.9 Å². The lowest BCUT2D eigenvalue weighted by atomic mass is 10.0. The zero-order valence-corrected chi connectivity index (χ0v) is 31.4. The third kappa shape index (κ3) is 7.42. The van der Waals surface area contributed by atoms with Crippen molar-refractivity contribution < 1.29 is 13.2 Å². The van der Waals surface area contributed by atoms with Gasteiger partial charge in [-0.25, -0.2) is 13.4 Å². The van der Waals surface area contributed by atoms with Crippen molar-refractivity contribution in [1.82, 2.24) is 39.9 Å². The summed E-state index contributed by atoms with van der Waals surface area (Å²) in [4.78, 5) is 23.2. The summed E-state index contributed by atoms with van der Waals surface area (Å²) >= 11 is 3.56. The average Bonchev–Trinajstić information content (AvgIpc) is 3.58. The molecular formula is C34H41BrN12O3S. The highest BCUT2D eigenvalue weighted by molar-refractivity contribution is 9.10. The minimum absolute atomic E-state index is 0.304. The molecule has 0 saturated carbocycles. The van der Waals surface area contributed by atoms with Crippen LogP contribution in [0.3, 0.4) is 0 Å². The summed E-state index contributed by atoms with van der Waals surface area (Å²) in [5, 5.41) is 14.6. The van der Waals surface area contributed by atoms with Crippen molar-refractivity contribution in [1.29, 1.82) is 0 Å². The van der Waals surface area contributed by atoms with Gasteiger partial charge in [0.2, 0.25) is 16.0 Å². The Balaban J connectivity index is 1.20. The highest BCUT2D eigenvalue weighted by Crippen LogP contribution is 2.41. The maximum atomic E-state index is 12.7. The van der Waals surface area contributed by atoms with Crippen LogP contribution < -0.4 is 29.9 Å². The number of sulfonamides is 1. The molecule has 51 heavy (non-hydrogen) atoms. The second-order valence-electron chi connectivity index (χ2n) is 12.7. The monoisotopic (exact) mass is 776 g/mol. The van der Waals surface area contributed by atoms with Gasteiger partial charge in [0.25, 0.3) is 0 Å². The van der Waals surface area contributed by atoms with Gasteiger partial charge in [0.15, 0.2) is 0 Å². The summed E-state index contributed by atoms with van der Waals surface area (Å²) in [6.07, 6.45) is 12.1. The number of aromatic nitrogens is 6. The Hall–Kier alpha value is -4.58. The van der Waals surface area contributed by atoms with Crippen LogP contribution in [0.4, 0.5) is 34.5 Å². The second kappa shape index (κ2) is 14.6. The van der Waals surface area contributed by atoms with Gasteiger partial charge in [0.1, 0.15) is 22.8 Å². The van der Waals surface area contributed by atoms with E-state index in [0.717, 1.165) is 62.3 Å². The highest BCUT2D eigenvalue weighted by atomic mass is 79.9. The fourth-order valence-corrected chi connectivity index (χ4v) is 7.57. The van der Waals surface area contributed by atoms with Crippen LogP contribution in [-0.4, -0.2) is 109 Å². The molecule has 0 unspecified atom stereocenters. The number of nitrogens with one attached hydrogen (secondary N) is 3. The third-order valence-corrected chi connectivity index (χ3v) is 11.2. The molecule has 2 fully saturated rings. The van der Waals surface area contributed by atoms with E-state index in [0.29, 0.717) is 56.1 Å². The van der Waals surface area contributed by atoms with Crippen molar-refractivity contribution in [3.63, 3.8) is 0 Å². The molecule has 268 valence electrons. The molecule has 0 spiro atoms. The van der Waals surface area contributed by atoms with E-state index in [2.05, 4.69) is 73.9 Å². The normalized spacial score (nSPS) is 16.0. The number of rotatable bonds is 10. The Kier molecular flexibility index (Phi) is 9.96. The Bertz CT molecular complexity index is 2150. The van der Waals surface area contributed by atoms with E-state index in [1.54, 1.807) is 36.3 Å². The fraction of sp³-hybridized carbons (Fsp3) is 0.382. The van der Waals surface area contributed by atoms with Crippen molar-refractivity contribution in [2.24, 2.45) is 7.05 Å². The number of aryl methyl sites for hydroxylation is 1. The van der Waals surface area contributed by atoms with Crippen molar-refractivity contribution in [2.75, 3.05) is 79.5 Å². The quantitative estimate of drug-likeness (QED) is 0.184. The number of halogens is 1. The topological polar surface area (TPSA) is 159 Å². The predicted octanol–water partition coefficient (Wildman–Crippen LogP) is 4.35. The first-order valence-electron chi connectivity index (χ1n) is 16.7. The summed E-state index contributed by atoms with van der Waals surface area (Å²) in [5.74, 6) is 1.36. The zero-order chi connectivity index (χ0) is 35.7. The van der Waals surface area contributed by atoms with Gasteiger partial charge in [-0.05, 0) is 60.1 Å². The molecule has 17 heteroatoms. The molecule has 3 N–H and O–H groups in total. The van der Waals surface area contributed by atoms with E-state index in [9.17, 15) is 8.42 Å². The first kappa shape index (κ1) is 34.9. The molecule has 7 rings (SSSR count). The smallest absolute Gasteiger partial charge is 0.232 e. The van der Waals surface area contributed by atoms with Crippen LogP contribution in [0.5, 0.6) is 5.75 Å². The molecule has 0 bridgehead atoms. The van der Waals surface area contributed by atoms with Crippen molar-refractivity contribution in [3.8, 4) is 16.9 Å². The maximum Gasteiger partial charge on any atom is 0.232 e. The number of piperazine rings is 1. The van der Waals surface area contributed by atoms with Crippen molar-refractivity contribution >= 4 is 71.5 Å². The minimum atomic E-state index is -3.63. The molecule has 2 aliphatic rings. The molecule has 2 saturated heterocycles. The summed E-state index contributed by atoms with van der Waals surface area (Å²) in [6.45, 7) is 6.01. The van der Waals surface area contributed by atoms with Crippen LogP contribution in [0, 0.1) is 0 Å². The first-order valence-corrected chi connectivity index (χ1v) is 19.4. The van der Waals surface area contributed by atoms with Crippen LogP contribution in [0.1, 0.15) is 12.8 Å². The Morgan fingerprint density at radius 2 is 1.76 bits per heavy atom.